The normalized spacial score (nSPS) is 11.3. The standard InChI is InChI=1S/C13H13BrN2O3S/c1-19-12-5-11(15)2-3-13(12)20(17,18)8-9-4-10(14)7-16-6-9/h2-7H,8,15H2,1H3. The number of nitrogens with two attached hydrogens (primary N) is 1. The van der Waals surface area contributed by atoms with E-state index in [0.717, 1.165) is 4.47 Å². The molecular weight excluding hydrogens is 344 g/mol. The van der Waals surface area contributed by atoms with Crippen LogP contribution in [0.1, 0.15) is 5.56 Å². The molecule has 5 nitrogen and oxygen atoms in total. The Bertz CT molecular complexity index is 732. The molecule has 7 heteroatoms. The number of aromatic nitrogens is 1. The van der Waals surface area contributed by atoms with E-state index in [1.165, 1.54) is 31.5 Å². The van der Waals surface area contributed by atoms with Crippen molar-refractivity contribution in [3.63, 3.8) is 0 Å². The van der Waals surface area contributed by atoms with E-state index < -0.39 is 9.84 Å². The monoisotopic (exact) mass is 356 g/mol. The lowest BCUT2D eigenvalue weighted by atomic mass is 10.3. The molecule has 0 bridgehead atoms. The summed E-state index contributed by atoms with van der Waals surface area (Å²) in [5, 5.41) is 0. The molecule has 0 spiro atoms. The highest BCUT2D eigenvalue weighted by Crippen LogP contribution is 2.28. The molecule has 1 aromatic carbocycles. The summed E-state index contributed by atoms with van der Waals surface area (Å²) in [6, 6.07) is 6.20. The van der Waals surface area contributed by atoms with E-state index in [1.54, 1.807) is 12.3 Å². The molecule has 0 aliphatic rings. The van der Waals surface area contributed by atoms with Gasteiger partial charge in [0, 0.05) is 28.6 Å². The number of anilines is 1. The molecule has 0 amide bonds. The van der Waals surface area contributed by atoms with E-state index in [4.69, 9.17) is 10.5 Å². The Morgan fingerprint density at radius 3 is 2.70 bits per heavy atom. The first-order chi connectivity index (χ1) is 9.42. The summed E-state index contributed by atoms with van der Waals surface area (Å²) in [5.41, 5.74) is 6.67. The van der Waals surface area contributed by atoms with E-state index in [9.17, 15) is 8.42 Å². The van der Waals surface area contributed by atoms with Gasteiger partial charge in [0.15, 0.2) is 9.84 Å². The molecule has 0 fully saturated rings. The van der Waals surface area contributed by atoms with Gasteiger partial charge in [-0.25, -0.2) is 8.42 Å². The van der Waals surface area contributed by atoms with Gasteiger partial charge in [-0.15, -0.1) is 0 Å². The minimum Gasteiger partial charge on any atom is -0.495 e. The highest BCUT2D eigenvalue weighted by molar-refractivity contribution is 9.10. The summed E-state index contributed by atoms with van der Waals surface area (Å²) >= 11 is 3.27. The Kier molecular flexibility index (Phi) is 4.29. The van der Waals surface area contributed by atoms with E-state index in [-0.39, 0.29) is 16.4 Å². The Morgan fingerprint density at radius 2 is 2.05 bits per heavy atom. The number of ether oxygens (including phenoxy) is 1. The van der Waals surface area contributed by atoms with Crippen molar-refractivity contribution in [1.29, 1.82) is 0 Å². The number of halogens is 1. The average molecular weight is 357 g/mol. The molecule has 0 saturated heterocycles. The van der Waals surface area contributed by atoms with Crippen LogP contribution in [0.3, 0.4) is 0 Å². The lowest BCUT2D eigenvalue weighted by Crippen LogP contribution is -2.07. The third kappa shape index (κ3) is 3.29. The predicted octanol–water partition coefficient (Wildman–Crippen LogP) is 2.41. The zero-order valence-electron chi connectivity index (χ0n) is 10.7. The van der Waals surface area contributed by atoms with E-state index >= 15 is 0 Å². The summed E-state index contributed by atoms with van der Waals surface area (Å²) in [7, 11) is -2.12. The number of benzene rings is 1. The highest BCUT2D eigenvalue weighted by Gasteiger charge is 2.20. The molecule has 1 heterocycles. The maximum absolute atomic E-state index is 12.4. The lowest BCUT2D eigenvalue weighted by Gasteiger charge is -2.10. The number of hydrogen-bond donors (Lipinski definition) is 1. The lowest BCUT2D eigenvalue weighted by molar-refractivity contribution is 0.403. The average Bonchev–Trinajstić information content (AvgIpc) is 2.37. The van der Waals surface area contributed by atoms with Crippen LogP contribution in [0.2, 0.25) is 0 Å². The Morgan fingerprint density at radius 1 is 1.30 bits per heavy atom. The zero-order valence-corrected chi connectivity index (χ0v) is 13.1. The van der Waals surface area contributed by atoms with Crippen molar-refractivity contribution in [3.8, 4) is 5.75 Å². The number of nitrogen functional groups attached to an aromatic ring is 1. The first-order valence-corrected chi connectivity index (χ1v) is 8.12. The van der Waals surface area contributed by atoms with Crippen molar-refractivity contribution in [1.82, 2.24) is 4.98 Å². The van der Waals surface area contributed by atoms with Crippen LogP contribution >= 0.6 is 15.9 Å². The summed E-state index contributed by atoms with van der Waals surface area (Å²) in [6.07, 6.45) is 3.12. The van der Waals surface area contributed by atoms with Crippen molar-refractivity contribution < 1.29 is 13.2 Å². The molecule has 2 rings (SSSR count). The van der Waals surface area contributed by atoms with E-state index in [1.807, 2.05) is 0 Å². The minimum absolute atomic E-state index is 0.120. The zero-order chi connectivity index (χ0) is 14.8. The van der Waals surface area contributed by atoms with Crippen molar-refractivity contribution in [3.05, 3.63) is 46.7 Å². The van der Waals surface area contributed by atoms with Crippen LogP contribution in [0.25, 0.3) is 0 Å². The third-order valence-corrected chi connectivity index (χ3v) is 4.80. The highest BCUT2D eigenvalue weighted by atomic mass is 79.9. The number of rotatable bonds is 4. The molecule has 0 saturated carbocycles. The topological polar surface area (TPSA) is 82.3 Å². The van der Waals surface area contributed by atoms with Crippen LogP contribution in [-0.4, -0.2) is 20.5 Å². The molecule has 0 atom stereocenters. The summed E-state index contributed by atoms with van der Waals surface area (Å²) in [5.74, 6) is 0.0904. The van der Waals surface area contributed by atoms with Gasteiger partial charge in [0.1, 0.15) is 10.6 Å². The van der Waals surface area contributed by atoms with Gasteiger partial charge in [-0.05, 0) is 39.7 Å². The van der Waals surface area contributed by atoms with Gasteiger partial charge in [-0.2, -0.15) is 0 Å². The van der Waals surface area contributed by atoms with Crippen LogP contribution in [0.15, 0.2) is 46.0 Å². The number of hydrogen-bond acceptors (Lipinski definition) is 5. The number of methoxy groups -OCH3 is 1. The summed E-state index contributed by atoms with van der Waals surface area (Å²) < 4.78 is 30.7. The molecule has 0 radical (unpaired) electrons. The Balaban J connectivity index is 2.40. The fraction of sp³-hybridized carbons (Fsp3) is 0.154. The van der Waals surface area contributed by atoms with Crippen LogP contribution < -0.4 is 10.5 Å². The van der Waals surface area contributed by atoms with Gasteiger partial charge in [0.05, 0.1) is 12.9 Å². The number of pyridine rings is 1. The van der Waals surface area contributed by atoms with Gasteiger partial charge in [0.25, 0.3) is 0 Å². The number of nitrogens with zero attached hydrogens (tertiary/aromatic N) is 1. The molecule has 2 N–H and O–H groups in total. The first-order valence-electron chi connectivity index (χ1n) is 5.68. The predicted molar refractivity (Wildman–Crippen MR) is 80.2 cm³/mol. The molecular formula is C13H13BrN2O3S. The van der Waals surface area contributed by atoms with Crippen LogP contribution in [0.5, 0.6) is 5.75 Å². The first kappa shape index (κ1) is 14.8. The summed E-state index contributed by atoms with van der Waals surface area (Å²) in [6.45, 7) is 0. The van der Waals surface area contributed by atoms with Crippen molar-refractivity contribution in [2.24, 2.45) is 0 Å². The van der Waals surface area contributed by atoms with Gasteiger partial charge >= 0.3 is 0 Å². The Hall–Kier alpha value is -1.60. The quantitative estimate of drug-likeness (QED) is 0.850. The maximum Gasteiger partial charge on any atom is 0.186 e. The number of sulfone groups is 1. The van der Waals surface area contributed by atoms with E-state index in [0.29, 0.717) is 11.3 Å². The SMILES string of the molecule is COc1cc(N)ccc1S(=O)(=O)Cc1cncc(Br)c1. The molecule has 2 aromatic rings. The summed E-state index contributed by atoms with van der Waals surface area (Å²) in [4.78, 5) is 4.08. The van der Waals surface area contributed by atoms with Crippen molar-refractivity contribution >= 4 is 31.5 Å². The van der Waals surface area contributed by atoms with Crippen LogP contribution in [0, 0.1) is 0 Å². The molecule has 20 heavy (non-hydrogen) atoms. The van der Waals surface area contributed by atoms with Crippen LogP contribution in [0.4, 0.5) is 5.69 Å². The molecule has 1 aromatic heterocycles. The minimum atomic E-state index is -3.53. The van der Waals surface area contributed by atoms with Gasteiger partial charge in [-0.3, -0.25) is 4.98 Å². The second-order valence-corrected chi connectivity index (χ2v) is 7.05. The second-order valence-electron chi connectivity index (χ2n) is 4.18. The third-order valence-electron chi connectivity index (χ3n) is 2.64. The van der Waals surface area contributed by atoms with E-state index in [2.05, 4.69) is 20.9 Å². The van der Waals surface area contributed by atoms with Gasteiger partial charge in [0.2, 0.25) is 0 Å². The fourth-order valence-electron chi connectivity index (χ4n) is 1.77. The fourth-order valence-corrected chi connectivity index (χ4v) is 3.66. The molecule has 0 aliphatic carbocycles. The van der Waals surface area contributed by atoms with Gasteiger partial charge in [-0.1, -0.05) is 0 Å². The maximum atomic E-state index is 12.4. The smallest absolute Gasteiger partial charge is 0.186 e. The van der Waals surface area contributed by atoms with Crippen molar-refractivity contribution in [2.75, 3.05) is 12.8 Å². The largest absolute Gasteiger partial charge is 0.495 e. The molecule has 0 aliphatic heterocycles. The molecule has 106 valence electrons. The van der Waals surface area contributed by atoms with Gasteiger partial charge < -0.3 is 10.5 Å². The second kappa shape index (κ2) is 5.80. The molecule has 0 unspecified atom stereocenters. The Labute approximate surface area is 125 Å². The van der Waals surface area contributed by atoms with Crippen molar-refractivity contribution in [2.45, 2.75) is 10.6 Å². The van der Waals surface area contributed by atoms with Crippen LogP contribution in [-0.2, 0) is 15.6 Å².